The zero-order valence-corrected chi connectivity index (χ0v) is 13.5. The number of thiazole rings is 1. The molecule has 1 N–H and O–H groups in total. The van der Waals surface area contributed by atoms with Gasteiger partial charge in [0.15, 0.2) is 0 Å². The van der Waals surface area contributed by atoms with E-state index in [2.05, 4.69) is 44.1 Å². The summed E-state index contributed by atoms with van der Waals surface area (Å²) in [6.45, 7) is 8.50. The summed E-state index contributed by atoms with van der Waals surface area (Å²) >= 11 is 1.75. The van der Waals surface area contributed by atoms with E-state index in [4.69, 9.17) is 4.74 Å². The minimum absolute atomic E-state index is 0.211. The number of rotatable bonds is 5. The van der Waals surface area contributed by atoms with E-state index in [0.717, 1.165) is 16.5 Å². The number of benzene rings is 1. The molecule has 3 nitrogen and oxygen atoms in total. The smallest absolute Gasteiger partial charge is 0.123 e. The van der Waals surface area contributed by atoms with Gasteiger partial charge < -0.3 is 10.1 Å². The molecule has 1 heterocycles. The van der Waals surface area contributed by atoms with Gasteiger partial charge in [-0.05, 0) is 33.8 Å². The average molecular weight is 290 g/mol. The summed E-state index contributed by atoms with van der Waals surface area (Å²) in [5.41, 5.74) is 2.32. The third kappa shape index (κ3) is 3.19. The van der Waals surface area contributed by atoms with E-state index in [1.807, 2.05) is 18.2 Å². The first kappa shape index (κ1) is 15.0. The topological polar surface area (TPSA) is 34.1 Å². The third-order valence-corrected chi connectivity index (χ3v) is 4.36. The molecule has 2 aromatic rings. The summed E-state index contributed by atoms with van der Waals surface area (Å²) in [6, 6.07) is 8.56. The summed E-state index contributed by atoms with van der Waals surface area (Å²) in [5.74, 6) is 0.922. The van der Waals surface area contributed by atoms with Crippen LogP contribution in [0.25, 0.3) is 0 Å². The monoisotopic (exact) mass is 290 g/mol. The van der Waals surface area contributed by atoms with E-state index in [1.165, 1.54) is 10.4 Å². The quantitative estimate of drug-likeness (QED) is 0.897. The van der Waals surface area contributed by atoms with Crippen LogP contribution in [0.15, 0.2) is 24.3 Å². The molecule has 0 aliphatic carbocycles. The number of nitrogens with zero attached hydrogens (tertiary/aromatic N) is 1. The summed E-state index contributed by atoms with van der Waals surface area (Å²) < 4.78 is 5.43. The van der Waals surface area contributed by atoms with Gasteiger partial charge in [0.1, 0.15) is 5.75 Å². The summed E-state index contributed by atoms with van der Waals surface area (Å²) in [4.78, 5) is 5.91. The van der Waals surface area contributed by atoms with Crippen molar-refractivity contribution < 1.29 is 4.74 Å². The highest BCUT2D eigenvalue weighted by atomic mass is 32.1. The van der Waals surface area contributed by atoms with E-state index in [0.29, 0.717) is 0 Å². The SMILES string of the molecule is COc1ccccc1[C@H](C)NC(C)c1nc(C)sc1C. The minimum atomic E-state index is 0.211. The van der Waals surface area contributed by atoms with Crippen molar-refractivity contribution in [2.45, 2.75) is 39.8 Å². The highest BCUT2D eigenvalue weighted by molar-refractivity contribution is 7.11. The van der Waals surface area contributed by atoms with Gasteiger partial charge in [0.2, 0.25) is 0 Å². The van der Waals surface area contributed by atoms with E-state index in [1.54, 1.807) is 18.4 Å². The molecule has 0 bridgehead atoms. The second-order valence-electron chi connectivity index (χ2n) is 5.03. The molecule has 0 amide bonds. The van der Waals surface area contributed by atoms with Gasteiger partial charge in [-0.2, -0.15) is 0 Å². The number of aryl methyl sites for hydroxylation is 2. The number of methoxy groups -OCH3 is 1. The lowest BCUT2D eigenvalue weighted by Gasteiger charge is -2.21. The van der Waals surface area contributed by atoms with Crippen molar-refractivity contribution in [1.82, 2.24) is 10.3 Å². The Labute approximate surface area is 125 Å². The summed E-state index contributed by atoms with van der Waals surface area (Å²) in [5, 5.41) is 4.73. The van der Waals surface area contributed by atoms with Gasteiger partial charge in [-0.25, -0.2) is 4.98 Å². The van der Waals surface area contributed by atoms with Crippen LogP contribution in [-0.4, -0.2) is 12.1 Å². The first-order chi connectivity index (χ1) is 9.52. The van der Waals surface area contributed by atoms with Gasteiger partial charge in [-0.15, -0.1) is 11.3 Å². The Hall–Kier alpha value is -1.39. The zero-order valence-electron chi connectivity index (χ0n) is 12.7. The summed E-state index contributed by atoms with van der Waals surface area (Å²) in [7, 11) is 1.71. The normalized spacial score (nSPS) is 14.1. The van der Waals surface area contributed by atoms with Crippen molar-refractivity contribution in [3.63, 3.8) is 0 Å². The molecule has 2 atom stereocenters. The molecule has 0 saturated carbocycles. The van der Waals surface area contributed by atoms with Gasteiger partial charge in [-0.1, -0.05) is 18.2 Å². The van der Waals surface area contributed by atoms with Crippen LogP contribution in [-0.2, 0) is 0 Å². The van der Waals surface area contributed by atoms with Crippen molar-refractivity contribution in [2.75, 3.05) is 7.11 Å². The van der Waals surface area contributed by atoms with Crippen LogP contribution in [0.1, 0.15) is 47.1 Å². The van der Waals surface area contributed by atoms with Crippen LogP contribution in [0.4, 0.5) is 0 Å². The standard InChI is InChI=1S/C16H22N2OS/c1-10(14-8-6-7-9-15(14)19-5)17-11(2)16-12(3)20-13(4)18-16/h6-11,17H,1-5H3/t10-,11?/m0/s1. The van der Waals surface area contributed by atoms with Crippen molar-refractivity contribution in [3.8, 4) is 5.75 Å². The highest BCUT2D eigenvalue weighted by Crippen LogP contribution is 2.28. The summed E-state index contributed by atoms with van der Waals surface area (Å²) in [6.07, 6.45) is 0. The van der Waals surface area contributed by atoms with Gasteiger partial charge in [0.25, 0.3) is 0 Å². The highest BCUT2D eigenvalue weighted by Gasteiger charge is 2.17. The number of para-hydroxylation sites is 1. The van der Waals surface area contributed by atoms with E-state index < -0.39 is 0 Å². The maximum absolute atomic E-state index is 5.43. The van der Waals surface area contributed by atoms with Gasteiger partial charge in [-0.3, -0.25) is 0 Å². The third-order valence-electron chi connectivity index (χ3n) is 3.45. The van der Waals surface area contributed by atoms with Crippen molar-refractivity contribution in [1.29, 1.82) is 0 Å². The van der Waals surface area contributed by atoms with Crippen molar-refractivity contribution >= 4 is 11.3 Å². The Morgan fingerprint density at radius 2 is 1.85 bits per heavy atom. The molecule has 2 rings (SSSR count). The molecule has 0 radical (unpaired) electrons. The molecule has 0 saturated heterocycles. The largest absolute Gasteiger partial charge is 0.496 e. The Morgan fingerprint density at radius 1 is 1.15 bits per heavy atom. The molecule has 108 valence electrons. The first-order valence-electron chi connectivity index (χ1n) is 6.85. The molecule has 0 aliphatic rings. The molecule has 0 spiro atoms. The fourth-order valence-electron chi connectivity index (χ4n) is 2.51. The second-order valence-corrected chi connectivity index (χ2v) is 6.43. The maximum atomic E-state index is 5.43. The Morgan fingerprint density at radius 3 is 2.45 bits per heavy atom. The fourth-order valence-corrected chi connectivity index (χ4v) is 3.43. The number of nitrogens with one attached hydrogen (secondary N) is 1. The number of ether oxygens (including phenoxy) is 1. The van der Waals surface area contributed by atoms with E-state index in [-0.39, 0.29) is 12.1 Å². The Bertz CT molecular complexity index is 580. The lowest BCUT2D eigenvalue weighted by Crippen LogP contribution is -2.23. The van der Waals surface area contributed by atoms with Crippen LogP contribution in [0, 0.1) is 13.8 Å². The van der Waals surface area contributed by atoms with Crippen molar-refractivity contribution in [3.05, 3.63) is 45.4 Å². The van der Waals surface area contributed by atoms with E-state index in [9.17, 15) is 0 Å². The van der Waals surface area contributed by atoms with Crippen LogP contribution in [0.5, 0.6) is 5.75 Å². The van der Waals surface area contributed by atoms with Crippen LogP contribution >= 0.6 is 11.3 Å². The molecule has 0 aliphatic heterocycles. The lowest BCUT2D eigenvalue weighted by atomic mass is 10.1. The Balaban J connectivity index is 2.15. The van der Waals surface area contributed by atoms with Gasteiger partial charge in [0, 0.05) is 22.5 Å². The molecular formula is C16H22N2OS. The molecular weight excluding hydrogens is 268 g/mol. The second kappa shape index (κ2) is 6.37. The molecule has 1 unspecified atom stereocenters. The predicted octanol–water partition coefficient (Wildman–Crippen LogP) is 4.18. The van der Waals surface area contributed by atoms with Gasteiger partial charge in [0.05, 0.1) is 17.8 Å². The molecule has 4 heteroatoms. The molecule has 1 aromatic carbocycles. The maximum Gasteiger partial charge on any atom is 0.123 e. The van der Waals surface area contributed by atoms with Crippen LogP contribution < -0.4 is 10.1 Å². The predicted molar refractivity (Wildman–Crippen MR) is 84.5 cm³/mol. The number of hydrogen-bond donors (Lipinski definition) is 1. The minimum Gasteiger partial charge on any atom is -0.496 e. The number of hydrogen-bond acceptors (Lipinski definition) is 4. The first-order valence-corrected chi connectivity index (χ1v) is 7.67. The molecule has 20 heavy (non-hydrogen) atoms. The number of aromatic nitrogens is 1. The lowest BCUT2D eigenvalue weighted by molar-refractivity contribution is 0.396. The zero-order chi connectivity index (χ0) is 14.7. The van der Waals surface area contributed by atoms with Gasteiger partial charge >= 0.3 is 0 Å². The van der Waals surface area contributed by atoms with Crippen molar-refractivity contribution in [2.24, 2.45) is 0 Å². The Kier molecular flexibility index (Phi) is 4.78. The molecule has 1 aromatic heterocycles. The van der Waals surface area contributed by atoms with E-state index >= 15 is 0 Å². The van der Waals surface area contributed by atoms with Crippen LogP contribution in [0.2, 0.25) is 0 Å². The average Bonchev–Trinajstić information content (AvgIpc) is 2.77. The van der Waals surface area contributed by atoms with Crippen LogP contribution in [0.3, 0.4) is 0 Å². The fraction of sp³-hybridized carbons (Fsp3) is 0.438. The molecule has 0 fully saturated rings.